The highest BCUT2D eigenvalue weighted by atomic mass is 19.1. The van der Waals surface area contributed by atoms with Crippen molar-refractivity contribution in [2.45, 2.75) is 50.6 Å². The third-order valence-electron chi connectivity index (χ3n) is 6.61. The maximum atomic E-state index is 14.1. The number of phenolic OH excluding ortho intramolecular Hbond substituents is 1. The second-order valence-corrected chi connectivity index (χ2v) is 9.22. The van der Waals surface area contributed by atoms with E-state index in [0.717, 1.165) is 29.7 Å². The van der Waals surface area contributed by atoms with E-state index in [1.807, 2.05) is 31.0 Å². The van der Waals surface area contributed by atoms with Crippen molar-refractivity contribution < 1.29 is 19.0 Å². The lowest BCUT2D eigenvalue weighted by molar-refractivity contribution is -0.0693. The summed E-state index contributed by atoms with van der Waals surface area (Å²) >= 11 is 0. The number of hydrogen-bond acceptors (Lipinski definition) is 7. The highest BCUT2D eigenvalue weighted by Crippen LogP contribution is 2.41. The number of hydrogen-bond donors (Lipinski definition) is 2. The summed E-state index contributed by atoms with van der Waals surface area (Å²) in [6.45, 7) is 4.76. The van der Waals surface area contributed by atoms with E-state index in [2.05, 4.69) is 15.5 Å². The van der Waals surface area contributed by atoms with Gasteiger partial charge in [0.05, 0.1) is 18.8 Å². The summed E-state index contributed by atoms with van der Waals surface area (Å²) < 4.78 is 26.1. The van der Waals surface area contributed by atoms with E-state index in [9.17, 15) is 9.50 Å². The molecule has 0 saturated carbocycles. The van der Waals surface area contributed by atoms with E-state index in [1.165, 1.54) is 0 Å². The number of benzene rings is 1. The van der Waals surface area contributed by atoms with Gasteiger partial charge in [0.2, 0.25) is 0 Å². The van der Waals surface area contributed by atoms with Crippen molar-refractivity contribution in [1.82, 2.24) is 15.1 Å². The summed E-state index contributed by atoms with van der Waals surface area (Å²) in [4.78, 5) is 2.00. The van der Waals surface area contributed by atoms with E-state index < -0.39 is 6.17 Å². The van der Waals surface area contributed by atoms with Crippen molar-refractivity contribution in [2.75, 3.05) is 38.7 Å². The molecule has 2 aromatic rings. The molecule has 0 radical (unpaired) electrons. The van der Waals surface area contributed by atoms with Gasteiger partial charge in [0.25, 0.3) is 0 Å². The zero-order valence-electron chi connectivity index (χ0n) is 18.0. The third kappa shape index (κ3) is 4.00. The molecule has 8 heteroatoms. The van der Waals surface area contributed by atoms with Crippen molar-refractivity contribution >= 4 is 5.82 Å². The van der Waals surface area contributed by atoms with E-state index in [-0.39, 0.29) is 17.4 Å². The Morgan fingerprint density at radius 2 is 2.13 bits per heavy atom. The molecule has 0 amide bonds. The molecule has 2 fully saturated rings. The van der Waals surface area contributed by atoms with E-state index in [0.29, 0.717) is 56.3 Å². The summed E-state index contributed by atoms with van der Waals surface area (Å²) in [5.74, 6) is 0.864. The Labute approximate surface area is 181 Å². The van der Waals surface area contributed by atoms with Gasteiger partial charge >= 0.3 is 0 Å². The van der Waals surface area contributed by atoms with Crippen LogP contribution in [-0.2, 0) is 22.5 Å². The summed E-state index contributed by atoms with van der Waals surface area (Å²) in [6.07, 6.45) is 1.08. The Bertz CT molecular complexity index is 970. The number of likely N-dealkylation sites (tertiary alicyclic amines) is 1. The first-order chi connectivity index (χ1) is 14.9. The highest BCUT2D eigenvalue weighted by molar-refractivity contribution is 5.73. The van der Waals surface area contributed by atoms with Gasteiger partial charge in [0, 0.05) is 61.7 Å². The molecule has 3 aliphatic rings. The molecule has 0 aliphatic carbocycles. The van der Waals surface area contributed by atoms with Gasteiger partial charge in [0.1, 0.15) is 17.6 Å². The Balaban J connectivity index is 1.54. The molecule has 1 unspecified atom stereocenters. The first-order valence-electron chi connectivity index (χ1n) is 10.9. The van der Waals surface area contributed by atoms with Crippen molar-refractivity contribution in [2.24, 2.45) is 0 Å². The molecule has 1 aromatic carbocycles. The average molecular weight is 429 g/mol. The molecule has 0 bridgehead atoms. The Kier molecular flexibility index (Phi) is 5.32. The molecule has 1 aromatic heterocycles. The minimum Gasteiger partial charge on any atom is -0.507 e. The number of fused-ring (bicyclic) bond motifs is 1. The number of aryl methyl sites for hydroxylation is 1. The van der Waals surface area contributed by atoms with E-state index in [4.69, 9.17) is 9.47 Å². The van der Waals surface area contributed by atoms with Crippen LogP contribution >= 0.6 is 0 Å². The van der Waals surface area contributed by atoms with Crippen LogP contribution < -0.4 is 5.32 Å². The molecule has 4 heterocycles. The van der Waals surface area contributed by atoms with Crippen LogP contribution in [0.1, 0.15) is 29.5 Å². The second kappa shape index (κ2) is 8.00. The molecule has 7 nitrogen and oxygen atoms in total. The average Bonchev–Trinajstić information content (AvgIpc) is 3.16. The number of rotatable bonds is 3. The molecular weight excluding hydrogens is 399 g/mol. The lowest BCUT2D eigenvalue weighted by Gasteiger charge is -2.37. The Morgan fingerprint density at radius 3 is 2.87 bits per heavy atom. The molecule has 3 aliphatic heterocycles. The van der Waals surface area contributed by atoms with Gasteiger partial charge in [-0.15, -0.1) is 10.2 Å². The SMILES string of the molecule is Cc1ccc(-c2nnc(N[C@@H]3C[C@@H](F)CN(C)C3)c3c2COC2(CCOC2)C3)c(O)c1. The second-order valence-electron chi connectivity index (χ2n) is 9.22. The van der Waals surface area contributed by atoms with Crippen LogP contribution in [0.25, 0.3) is 11.3 Å². The molecule has 2 N–H and O–H groups in total. The maximum Gasteiger partial charge on any atom is 0.152 e. The van der Waals surface area contributed by atoms with Gasteiger partial charge in [-0.05, 0) is 31.7 Å². The number of nitrogens with zero attached hydrogens (tertiary/aromatic N) is 3. The first kappa shape index (κ1) is 20.6. The predicted molar refractivity (Wildman–Crippen MR) is 115 cm³/mol. The van der Waals surface area contributed by atoms with Gasteiger partial charge < -0.3 is 24.8 Å². The fourth-order valence-electron chi connectivity index (χ4n) is 5.01. The molecule has 1 spiro atoms. The van der Waals surface area contributed by atoms with Gasteiger partial charge in [-0.25, -0.2) is 4.39 Å². The largest absolute Gasteiger partial charge is 0.507 e. The normalized spacial score (nSPS) is 28.6. The van der Waals surface area contributed by atoms with Gasteiger partial charge in [-0.2, -0.15) is 0 Å². The zero-order valence-corrected chi connectivity index (χ0v) is 18.0. The summed E-state index contributed by atoms with van der Waals surface area (Å²) in [5.41, 5.74) is 3.85. The van der Waals surface area contributed by atoms with Crippen LogP contribution in [-0.4, -0.2) is 71.4 Å². The van der Waals surface area contributed by atoms with Crippen molar-refractivity contribution in [3.05, 3.63) is 34.9 Å². The van der Waals surface area contributed by atoms with Crippen LogP contribution in [0.4, 0.5) is 10.2 Å². The van der Waals surface area contributed by atoms with Crippen LogP contribution in [0, 0.1) is 6.92 Å². The minimum absolute atomic E-state index is 0.0376. The predicted octanol–water partition coefficient (Wildman–Crippen LogP) is 2.84. The van der Waals surface area contributed by atoms with Crippen LogP contribution in [0.5, 0.6) is 5.75 Å². The van der Waals surface area contributed by atoms with Gasteiger partial charge in [-0.1, -0.05) is 6.07 Å². The van der Waals surface area contributed by atoms with Crippen LogP contribution in [0.3, 0.4) is 0 Å². The quantitative estimate of drug-likeness (QED) is 0.778. The maximum absolute atomic E-state index is 14.1. The first-order valence-corrected chi connectivity index (χ1v) is 10.9. The van der Waals surface area contributed by atoms with Gasteiger partial charge in [-0.3, -0.25) is 0 Å². The van der Waals surface area contributed by atoms with Crippen LogP contribution in [0.15, 0.2) is 18.2 Å². The van der Waals surface area contributed by atoms with Crippen molar-refractivity contribution in [3.63, 3.8) is 0 Å². The number of anilines is 1. The Morgan fingerprint density at radius 1 is 1.26 bits per heavy atom. The number of nitrogens with one attached hydrogen (secondary N) is 1. The standard InChI is InChI=1S/C23H29FN4O3/c1-14-3-4-17(20(29)7-14)21-19-12-31-23(5-6-30-13-23)9-18(19)22(27-26-21)25-16-8-15(24)10-28(2)11-16/h3-4,7,15-16,29H,5-6,8-13H2,1-2H3,(H,25,27)/t15-,16-,23?/m1/s1. The number of ether oxygens (including phenoxy) is 2. The number of likely N-dealkylation sites (N-methyl/N-ethyl adjacent to an activating group) is 1. The van der Waals surface area contributed by atoms with E-state index >= 15 is 0 Å². The molecule has 166 valence electrons. The number of alkyl halides is 1. The Hall–Kier alpha value is -2.29. The molecule has 31 heavy (non-hydrogen) atoms. The minimum atomic E-state index is -0.860. The molecule has 2 saturated heterocycles. The van der Waals surface area contributed by atoms with Crippen molar-refractivity contribution in [3.8, 4) is 17.0 Å². The lowest BCUT2D eigenvalue weighted by Crippen LogP contribution is -2.46. The van der Waals surface area contributed by atoms with Crippen molar-refractivity contribution in [1.29, 1.82) is 0 Å². The van der Waals surface area contributed by atoms with Gasteiger partial charge in [0.15, 0.2) is 5.82 Å². The lowest BCUT2D eigenvalue weighted by atomic mass is 9.87. The monoisotopic (exact) mass is 428 g/mol. The number of halogens is 1. The number of aromatic hydroxyl groups is 1. The van der Waals surface area contributed by atoms with E-state index in [1.54, 1.807) is 6.07 Å². The fourth-order valence-corrected chi connectivity index (χ4v) is 5.01. The number of aromatic nitrogens is 2. The zero-order chi connectivity index (χ0) is 21.6. The molecule has 5 rings (SSSR count). The summed E-state index contributed by atoms with van der Waals surface area (Å²) in [7, 11) is 1.93. The summed E-state index contributed by atoms with van der Waals surface area (Å²) in [6, 6.07) is 5.51. The number of phenols is 1. The highest BCUT2D eigenvalue weighted by Gasteiger charge is 2.42. The third-order valence-corrected chi connectivity index (χ3v) is 6.61. The number of piperidine rings is 1. The fraction of sp³-hybridized carbons (Fsp3) is 0.565. The molecular formula is C23H29FN4O3. The smallest absolute Gasteiger partial charge is 0.152 e. The molecule has 3 atom stereocenters. The van der Waals surface area contributed by atoms with Crippen LogP contribution in [0.2, 0.25) is 0 Å². The summed E-state index contributed by atoms with van der Waals surface area (Å²) in [5, 5.41) is 23.0. The topological polar surface area (TPSA) is 79.7 Å².